The van der Waals surface area contributed by atoms with Crippen LogP contribution < -0.4 is 36.0 Å². The molecular weight excluding hydrogens is 1080 g/mol. The average molecular weight is 1160 g/mol. The van der Waals surface area contributed by atoms with Crippen LogP contribution in [0.15, 0.2) is 67.4 Å². The maximum atomic E-state index is 16.1. The van der Waals surface area contributed by atoms with E-state index in [1.807, 2.05) is 56.6 Å². The number of carbonyl (C=O) groups excluding carboxylic acids is 7. The molecule has 4 saturated heterocycles. The second-order valence-corrected chi connectivity index (χ2v) is 25.6. The van der Waals surface area contributed by atoms with Crippen LogP contribution in [0.4, 0.5) is 33.0 Å². The van der Waals surface area contributed by atoms with Crippen LogP contribution in [0.5, 0.6) is 0 Å². The van der Waals surface area contributed by atoms with E-state index in [0.717, 1.165) is 130 Å². The van der Waals surface area contributed by atoms with Gasteiger partial charge >= 0.3 is 0 Å². The molecule has 2 atom stereocenters. The number of aromatic nitrogens is 1. The number of imide groups is 2. The standard InChI is InChI=1S/C66H84FN11O7/c1-9-76(42(4)5)59-44(7)31-54(70-60(59)71-55-36-50(43(6)30-53(55)67)61(82)69-41(2)3)45-14-17-52(57(32-45)77(40-80)48-33-47(34-48)74-26-11-10-12-27-74)65(8,21-24-68-39-79)20-13-25-73-28-22-66(23-29-73)37-75(38-66)46-15-16-49-51(35-46)64(85)78(63(49)84)56-18-19-58(81)72-62(56)83/h9,14-17,30-32,35-36,39-42,47-48,56H,1,10-13,18-29,33-34,37-38H2,2-8H3,(H,68,79)(H,69,82)(H,70,71)(H,72,81,83). The molecule has 3 aromatic carbocycles. The highest BCUT2D eigenvalue weighted by Crippen LogP contribution is 2.47. The summed E-state index contributed by atoms with van der Waals surface area (Å²) in [4.78, 5) is 108. The Morgan fingerprint density at radius 2 is 1.64 bits per heavy atom. The number of aryl methyl sites for hydroxylation is 2. The Hall–Kier alpha value is -7.51. The zero-order valence-electron chi connectivity index (χ0n) is 50.5. The molecule has 85 heavy (non-hydrogen) atoms. The number of nitrogens with one attached hydrogen (secondary N) is 4. The first kappa shape index (κ1) is 60.6. The maximum absolute atomic E-state index is 16.1. The predicted molar refractivity (Wildman–Crippen MR) is 329 cm³/mol. The van der Waals surface area contributed by atoms with E-state index in [1.54, 1.807) is 25.3 Å². The quantitative estimate of drug-likeness (QED) is 0.0312. The molecule has 1 saturated carbocycles. The topological polar surface area (TPSA) is 200 Å². The predicted octanol–water partition coefficient (Wildman–Crippen LogP) is 8.90. The van der Waals surface area contributed by atoms with Gasteiger partial charge in [0.15, 0.2) is 5.82 Å². The number of fused-ring (bicyclic) bond motifs is 1. The van der Waals surface area contributed by atoms with Crippen molar-refractivity contribution >= 4 is 70.9 Å². The molecule has 452 valence electrons. The molecule has 1 spiro atoms. The lowest BCUT2D eigenvalue weighted by atomic mass is 9.71. The van der Waals surface area contributed by atoms with Crippen molar-refractivity contribution in [1.29, 1.82) is 0 Å². The van der Waals surface area contributed by atoms with Crippen LogP contribution in [0.25, 0.3) is 11.3 Å². The number of carbonyl (C=O) groups is 7. The van der Waals surface area contributed by atoms with Gasteiger partial charge in [-0.3, -0.25) is 43.8 Å². The minimum atomic E-state index is -1.01. The van der Waals surface area contributed by atoms with Crippen LogP contribution in [0.3, 0.4) is 0 Å². The van der Waals surface area contributed by atoms with E-state index in [4.69, 9.17) is 4.98 Å². The van der Waals surface area contributed by atoms with Crippen LogP contribution in [0.2, 0.25) is 0 Å². The molecule has 2 unspecified atom stereocenters. The number of hydrogen-bond donors (Lipinski definition) is 4. The van der Waals surface area contributed by atoms with Gasteiger partial charge in [-0.15, -0.1) is 0 Å². The zero-order valence-corrected chi connectivity index (χ0v) is 50.5. The average Bonchev–Trinajstić information content (AvgIpc) is 3.23. The van der Waals surface area contributed by atoms with Crippen molar-refractivity contribution in [2.45, 2.75) is 161 Å². The maximum Gasteiger partial charge on any atom is 0.262 e. The first-order valence-electron chi connectivity index (χ1n) is 30.7. The molecule has 1 aromatic heterocycles. The van der Waals surface area contributed by atoms with E-state index in [1.165, 1.54) is 31.4 Å². The van der Waals surface area contributed by atoms with Gasteiger partial charge in [-0.1, -0.05) is 32.1 Å². The van der Waals surface area contributed by atoms with E-state index < -0.39 is 40.9 Å². The molecule has 5 fully saturated rings. The second kappa shape index (κ2) is 25.2. The summed E-state index contributed by atoms with van der Waals surface area (Å²) < 4.78 is 16.1. The summed E-state index contributed by atoms with van der Waals surface area (Å²) in [7, 11) is 0. The minimum Gasteiger partial charge on any atom is -0.370 e. The number of pyridine rings is 1. The minimum absolute atomic E-state index is 0.0169. The number of rotatable bonds is 23. The number of anilines is 5. The van der Waals surface area contributed by atoms with Crippen molar-refractivity contribution in [3.8, 4) is 11.3 Å². The normalized spacial score (nSPS) is 21.2. The number of nitrogens with zero attached hydrogens (tertiary/aromatic N) is 7. The van der Waals surface area contributed by atoms with Crippen molar-refractivity contribution in [2.75, 3.05) is 72.4 Å². The third kappa shape index (κ3) is 12.5. The third-order valence-electron chi connectivity index (χ3n) is 19.0. The van der Waals surface area contributed by atoms with Crippen molar-refractivity contribution < 1.29 is 38.0 Å². The van der Waals surface area contributed by atoms with Crippen LogP contribution in [-0.4, -0.2) is 145 Å². The van der Waals surface area contributed by atoms with E-state index in [2.05, 4.69) is 67.7 Å². The van der Waals surface area contributed by atoms with Gasteiger partial charge in [-0.05, 0) is 209 Å². The van der Waals surface area contributed by atoms with Gasteiger partial charge in [-0.25, -0.2) is 9.37 Å². The van der Waals surface area contributed by atoms with Crippen LogP contribution in [0.1, 0.15) is 159 Å². The second-order valence-electron chi connectivity index (χ2n) is 25.6. The van der Waals surface area contributed by atoms with Gasteiger partial charge in [0.2, 0.25) is 24.6 Å². The molecule has 0 radical (unpaired) electrons. The van der Waals surface area contributed by atoms with Crippen LogP contribution in [-0.2, 0) is 24.6 Å². The summed E-state index contributed by atoms with van der Waals surface area (Å²) in [6, 6.07) is 15.8. The fraction of sp³-hybridized carbons (Fsp3) is 0.515. The molecule has 6 heterocycles. The van der Waals surface area contributed by atoms with Crippen LogP contribution >= 0.6 is 0 Å². The molecule has 5 aliphatic heterocycles. The Balaban J connectivity index is 0.889. The molecule has 4 N–H and O–H groups in total. The highest BCUT2D eigenvalue weighted by atomic mass is 19.1. The van der Waals surface area contributed by atoms with E-state index in [9.17, 15) is 33.6 Å². The number of piperidine rings is 3. The monoisotopic (exact) mass is 1160 g/mol. The van der Waals surface area contributed by atoms with Gasteiger partial charge in [-0.2, -0.15) is 0 Å². The largest absolute Gasteiger partial charge is 0.370 e. The SMILES string of the molecule is C=CN(c1c(C)cc(-c2ccc(C(C)(CCCN3CCC4(CC3)CN(c3ccc5c(c3)C(=O)N(C3CCC(=O)NC3=O)C5=O)C4)CCNC=O)c(N(C=O)C3CC(N4CCCCC4)C3)c2)nc1Nc1cc(C(=O)NC(C)C)c(C)cc1F)C(C)C. The van der Waals surface area contributed by atoms with Crippen molar-refractivity contribution in [3.05, 3.63) is 107 Å². The number of amides is 7. The molecule has 0 bridgehead atoms. The molecule has 10 rings (SSSR count). The molecule has 6 aliphatic rings. The van der Waals surface area contributed by atoms with Crippen molar-refractivity contribution in [3.63, 3.8) is 0 Å². The molecule has 4 aromatic rings. The number of hydrogen-bond acceptors (Lipinski definition) is 13. The van der Waals surface area contributed by atoms with Gasteiger partial charge in [0, 0.05) is 78.1 Å². The molecule has 1 aliphatic carbocycles. The van der Waals surface area contributed by atoms with Gasteiger partial charge in [0.1, 0.15) is 11.9 Å². The van der Waals surface area contributed by atoms with Gasteiger partial charge < -0.3 is 40.4 Å². The highest BCUT2D eigenvalue weighted by Gasteiger charge is 2.48. The highest BCUT2D eigenvalue weighted by molar-refractivity contribution is 6.23. The van der Waals surface area contributed by atoms with Gasteiger partial charge in [0.25, 0.3) is 17.7 Å². The fourth-order valence-electron chi connectivity index (χ4n) is 14.1. The lowest BCUT2D eigenvalue weighted by molar-refractivity contribution is -0.136. The Labute approximate surface area is 499 Å². The number of halogens is 1. The Morgan fingerprint density at radius 1 is 0.906 bits per heavy atom. The Bertz CT molecular complexity index is 3250. The van der Waals surface area contributed by atoms with Crippen molar-refractivity contribution in [2.24, 2.45) is 5.41 Å². The third-order valence-corrected chi connectivity index (χ3v) is 19.0. The summed E-state index contributed by atoms with van der Waals surface area (Å²) in [5.41, 5.74) is 6.80. The smallest absolute Gasteiger partial charge is 0.262 e. The number of likely N-dealkylation sites (tertiary alicyclic amines) is 2. The summed E-state index contributed by atoms with van der Waals surface area (Å²) in [6.45, 7) is 24.9. The summed E-state index contributed by atoms with van der Waals surface area (Å²) in [5.74, 6) is -2.51. The first-order chi connectivity index (χ1) is 40.7. The Morgan fingerprint density at radius 3 is 2.31 bits per heavy atom. The molecule has 18 nitrogen and oxygen atoms in total. The molecule has 19 heteroatoms. The lowest BCUT2D eigenvalue weighted by Crippen LogP contribution is -2.60. The number of benzene rings is 3. The zero-order chi connectivity index (χ0) is 60.5. The summed E-state index contributed by atoms with van der Waals surface area (Å²) in [5, 5.41) is 11.4. The lowest BCUT2D eigenvalue weighted by Gasteiger charge is -2.55. The summed E-state index contributed by atoms with van der Waals surface area (Å²) in [6.07, 6.45) is 13.3. The molecule has 7 amide bonds. The van der Waals surface area contributed by atoms with Gasteiger partial charge in [0.05, 0.1) is 28.2 Å². The fourth-order valence-corrected chi connectivity index (χ4v) is 14.1. The van der Waals surface area contributed by atoms with E-state index >= 15 is 4.39 Å². The molecular formula is C66H84FN11O7. The first-order valence-corrected chi connectivity index (χ1v) is 30.7. The van der Waals surface area contributed by atoms with E-state index in [-0.39, 0.29) is 59.1 Å². The van der Waals surface area contributed by atoms with E-state index in [0.29, 0.717) is 47.3 Å². The van der Waals surface area contributed by atoms with Crippen molar-refractivity contribution in [1.82, 2.24) is 35.6 Å². The summed E-state index contributed by atoms with van der Waals surface area (Å²) >= 11 is 0. The van der Waals surface area contributed by atoms with Crippen LogP contribution in [0, 0.1) is 25.1 Å². The Kier molecular flexibility index (Phi) is 18.0.